The lowest BCUT2D eigenvalue weighted by molar-refractivity contribution is -0.125. The van der Waals surface area contributed by atoms with E-state index in [9.17, 15) is 4.79 Å². The number of nitrogens with zero attached hydrogens (tertiary/aromatic N) is 1. The SMILES string of the molecule is O=C(N/N=C1\CCSC1)C1CCCCC1. The molecule has 1 saturated heterocycles. The molecule has 0 spiro atoms. The molecule has 0 aromatic heterocycles. The molecule has 0 bridgehead atoms. The Kier molecular flexibility index (Phi) is 4.06. The summed E-state index contributed by atoms with van der Waals surface area (Å²) in [6.45, 7) is 0. The Balaban J connectivity index is 1.78. The van der Waals surface area contributed by atoms with Crippen LogP contribution in [0.2, 0.25) is 0 Å². The van der Waals surface area contributed by atoms with Crippen molar-refractivity contribution in [1.29, 1.82) is 0 Å². The van der Waals surface area contributed by atoms with Crippen LogP contribution in [0.25, 0.3) is 0 Å². The molecular formula is C11H18N2OS. The second kappa shape index (κ2) is 5.54. The number of hydrazone groups is 1. The molecule has 1 saturated carbocycles. The maximum absolute atomic E-state index is 11.7. The van der Waals surface area contributed by atoms with Crippen molar-refractivity contribution in [3.8, 4) is 0 Å². The van der Waals surface area contributed by atoms with Crippen molar-refractivity contribution >= 4 is 23.4 Å². The molecule has 2 aliphatic rings. The van der Waals surface area contributed by atoms with Crippen LogP contribution in [0, 0.1) is 5.92 Å². The van der Waals surface area contributed by atoms with Crippen LogP contribution in [0.15, 0.2) is 5.10 Å². The van der Waals surface area contributed by atoms with Gasteiger partial charge in [0.1, 0.15) is 0 Å². The van der Waals surface area contributed by atoms with Gasteiger partial charge < -0.3 is 0 Å². The zero-order valence-corrected chi connectivity index (χ0v) is 9.81. The summed E-state index contributed by atoms with van der Waals surface area (Å²) in [5, 5.41) is 4.19. The zero-order valence-electron chi connectivity index (χ0n) is 9.00. The predicted octanol–water partition coefficient (Wildman–Crippen LogP) is 2.18. The number of hydrogen-bond acceptors (Lipinski definition) is 3. The minimum absolute atomic E-state index is 0.138. The van der Waals surface area contributed by atoms with E-state index in [1.54, 1.807) is 0 Å². The van der Waals surface area contributed by atoms with Crippen molar-refractivity contribution < 1.29 is 4.79 Å². The van der Waals surface area contributed by atoms with E-state index >= 15 is 0 Å². The summed E-state index contributed by atoms with van der Waals surface area (Å²) in [5.74, 6) is 2.50. The lowest BCUT2D eigenvalue weighted by Crippen LogP contribution is -2.29. The summed E-state index contributed by atoms with van der Waals surface area (Å²) in [7, 11) is 0. The molecule has 1 N–H and O–H groups in total. The van der Waals surface area contributed by atoms with Crippen molar-refractivity contribution in [2.24, 2.45) is 11.0 Å². The van der Waals surface area contributed by atoms with Crippen LogP contribution in [0.5, 0.6) is 0 Å². The molecule has 2 fully saturated rings. The van der Waals surface area contributed by atoms with E-state index in [1.807, 2.05) is 11.8 Å². The molecule has 0 atom stereocenters. The fourth-order valence-electron chi connectivity index (χ4n) is 2.13. The molecule has 1 aliphatic carbocycles. The van der Waals surface area contributed by atoms with Crippen molar-refractivity contribution in [3.63, 3.8) is 0 Å². The van der Waals surface area contributed by atoms with Gasteiger partial charge in [-0.15, -0.1) is 0 Å². The molecular weight excluding hydrogens is 208 g/mol. The summed E-state index contributed by atoms with van der Waals surface area (Å²) in [5.41, 5.74) is 3.87. The maximum atomic E-state index is 11.7. The van der Waals surface area contributed by atoms with E-state index in [1.165, 1.54) is 19.3 Å². The highest BCUT2D eigenvalue weighted by Crippen LogP contribution is 2.23. The van der Waals surface area contributed by atoms with Crippen molar-refractivity contribution in [3.05, 3.63) is 0 Å². The van der Waals surface area contributed by atoms with Gasteiger partial charge in [0.05, 0.1) is 0 Å². The van der Waals surface area contributed by atoms with Gasteiger partial charge in [0, 0.05) is 17.4 Å². The first-order valence-corrected chi connectivity index (χ1v) is 6.95. The monoisotopic (exact) mass is 226 g/mol. The number of nitrogens with one attached hydrogen (secondary N) is 1. The molecule has 0 aromatic carbocycles. The third-order valence-corrected chi connectivity index (χ3v) is 4.13. The quantitative estimate of drug-likeness (QED) is 0.733. The Labute approximate surface area is 95.1 Å². The van der Waals surface area contributed by atoms with Gasteiger partial charge in [-0.3, -0.25) is 4.79 Å². The van der Waals surface area contributed by atoms with Gasteiger partial charge >= 0.3 is 0 Å². The molecule has 3 nitrogen and oxygen atoms in total. The molecule has 15 heavy (non-hydrogen) atoms. The Morgan fingerprint density at radius 3 is 2.80 bits per heavy atom. The van der Waals surface area contributed by atoms with Crippen LogP contribution in [-0.4, -0.2) is 23.1 Å². The van der Waals surface area contributed by atoms with E-state index < -0.39 is 0 Å². The Bertz CT molecular complexity index is 251. The molecule has 0 aromatic rings. The molecule has 84 valence electrons. The van der Waals surface area contributed by atoms with E-state index in [4.69, 9.17) is 0 Å². The number of thioether (sulfide) groups is 1. The first kappa shape index (κ1) is 11.0. The Hall–Kier alpha value is -0.510. The molecule has 1 aliphatic heterocycles. The number of carbonyl (C=O) groups excluding carboxylic acids is 1. The van der Waals surface area contributed by atoms with E-state index in [-0.39, 0.29) is 11.8 Å². The van der Waals surface area contributed by atoms with Crippen LogP contribution in [0.3, 0.4) is 0 Å². The molecule has 4 heteroatoms. The lowest BCUT2D eigenvalue weighted by Gasteiger charge is -2.19. The van der Waals surface area contributed by atoms with Crippen LogP contribution >= 0.6 is 11.8 Å². The number of hydrogen-bond donors (Lipinski definition) is 1. The van der Waals surface area contributed by atoms with Crippen molar-refractivity contribution in [2.45, 2.75) is 38.5 Å². The number of amides is 1. The van der Waals surface area contributed by atoms with Gasteiger partial charge in [-0.05, 0) is 25.0 Å². The highest BCUT2D eigenvalue weighted by Gasteiger charge is 2.20. The van der Waals surface area contributed by atoms with Gasteiger partial charge in [-0.25, -0.2) is 5.43 Å². The summed E-state index contributed by atoms with van der Waals surface area (Å²) < 4.78 is 0. The highest BCUT2D eigenvalue weighted by atomic mass is 32.2. The summed E-state index contributed by atoms with van der Waals surface area (Å²) in [6.07, 6.45) is 6.82. The minimum atomic E-state index is 0.138. The van der Waals surface area contributed by atoms with Crippen LogP contribution in [0.4, 0.5) is 0 Å². The smallest absolute Gasteiger partial charge is 0.243 e. The minimum Gasteiger partial charge on any atom is -0.273 e. The van der Waals surface area contributed by atoms with Gasteiger partial charge in [0.2, 0.25) is 5.91 Å². The second-order valence-corrected chi connectivity index (χ2v) is 5.40. The third kappa shape index (κ3) is 3.23. The standard InChI is InChI=1S/C11H18N2OS/c14-11(9-4-2-1-3-5-9)13-12-10-6-7-15-8-10/h9H,1-8H2,(H,13,14)/b12-10+. The van der Waals surface area contributed by atoms with Gasteiger partial charge in [0.25, 0.3) is 0 Å². The summed E-state index contributed by atoms with van der Waals surface area (Å²) >= 11 is 1.89. The zero-order chi connectivity index (χ0) is 10.5. The molecule has 1 amide bonds. The first-order valence-electron chi connectivity index (χ1n) is 5.79. The normalized spacial score (nSPS) is 25.7. The second-order valence-electron chi connectivity index (χ2n) is 4.29. The van der Waals surface area contributed by atoms with Crippen LogP contribution in [-0.2, 0) is 4.79 Å². The van der Waals surface area contributed by atoms with Crippen LogP contribution < -0.4 is 5.43 Å². The Morgan fingerprint density at radius 2 is 2.13 bits per heavy atom. The average molecular weight is 226 g/mol. The van der Waals surface area contributed by atoms with E-state index in [2.05, 4.69) is 10.5 Å². The number of rotatable bonds is 2. The van der Waals surface area contributed by atoms with Crippen molar-refractivity contribution in [1.82, 2.24) is 5.43 Å². The van der Waals surface area contributed by atoms with Crippen molar-refractivity contribution in [2.75, 3.05) is 11.5 Å². The lowest BCUT2D eigenvalue weighted by atomic mass is 9.89. The van der Waals surface area contributed by atoms with Gasteiger partial charge in [-0.2, -0.15) is 16.9 Å². The summed E-state index contributed by atoms with van der Waals surface area (Å²) in [4.78, 5) is 11.7. The van der Waals surface area contributed by atoms with Crippen LogP contribution in [0.1, 0.15) is 38.5 Å². The van der Waals surface area contributed by atoms with Gasteiger partial charge in [0.15, 0.2) is 0 Å². The molecule has 0 radical (unpaired) electrons. The Morgan fingerprint density at radius 1 is 1.33 bits per heavy atom. The third-order valence-electron chi connectivity index (χ3n) is 3.10. The fraction of sp³-hybridized carbons (Fsp3) is 0.818. The van der Waals surface area contributed by atoms with Gasteiger partial charge in [-0.1, -0.05) is 19.3 Å². The molecule has 0 unspecified atom stereocenters. The average Bonchev–Trinajstić information content (AvgIpc) is 2.80. The molecule has 2 rings (SSSR count). The summed E-state index contributed by atoms with van der Waals surface area (Å²) in [6, 6.07) is 0. The number of carbonyl (C=O) groups is 1. The highest BCUT2D eigenvalue weighted by molar-refractivity contribution is 8.00. The predicted molar refractivity (Wildman–Crippen MR) is 64.1 cm³/mol. The fourth-order valence-corrected chi connectivity index (χ4v) is 3.10. The largest absolute Gasteiger partial charge is 0.273 e. The van der Waals surface area contributed by atoms with E-state index in [0.29, 0.717) is 0 Å². The first-order chi connectivity index (χ1) is 7.36. The topological polar surface area (TPSA) is 41.5 Å². The van der Waals surface area contributed by atoms with E-state index in [0.717, 1.165) is 36.5 Å². The molecule has 1 heterocycles. The maximum Gasteiger partial charge on any atom is 0.243 e.